The number of hydrogen-bond acceptors (Lipinski definition) is 6. The third-order valence-electron chi connectivity index (χ3n) is 2.48. The number of nitrogens with two attached hydrogens (primary N) is 1. The van der Waals surface area contributed by atoms with Crippen LogP contribution in [0.5, 0.6) is 0 Å². The smallest absolute Gasteiger partial charge is 0.233 e. The molecule has 2 aromatic rings. The van der Waals surface area contributed by atoms with E-state index in [-0.39, 0.29) is 17.6 Å². The molecule has 0 aliphatic heterocycles. The Kier molecular flexibility index (Phi) is 5.66. The van der Waals surface area contributed by atoms with Crippen molar-refractivity contribution in [1.29, 1.82) is 0 Å². The molecule has 2 heterocycles. The maximum Gasteiger partial charge on any atom is 0.233 e. The van der Waals surface area contributed by atoms with E-state index in [1.165, 1.54) is 23.1 Å². The lowest BCUT2D eigenvalue weighted by Crippen LogP contribution is -2.31. The lowest BCUT2D eigenvalue weighted by Gasteiger charge is -2.19. The van der Waals surface area contributed by atoms with Crippen molar-refractivity contribution in [3.8, 4) is 0 Å². The van der Waals surface area contributed by atoms with Crippen LogP contribution in [-0.2, 0) is 11.3 Å². The fourth-order valence-corrected chi connectivity index (χ4v) is 3.39. The summed E-state index contributed by atoms with van der Waals surface area (Å²) in [5.41, 5.74) is 5.43. The Morgan fingerprint density at radius 3 is 3.00 bits per heavy atom. The van der Waals surface area contributed by atoms with Gasteiger partial charge in [-0.15, -0.1) is 23.0 Å². The summed E-state index contributed by atoms with van der Waals surface area (Å²) in [4.78, 5) is 18.9. The van der Waals surface area contributed by atoms with Gasteiger partial charge >= 0.3 is 0 Å². The minimum absolute atomic E-state index is 0.0206. The second-order valence-corrected chi connectivity index (χ2v) is 6.80. The molecular formula is C12H14ClN5OS2. The Labute approximate surface area is 135 Å². The predicted molar refractivity (Wildman–Crippen MR) is 86.5 cm³/mol. The van der Waals surface area contributed by atoms with Crippen LogP contribution in [0.4, 0.5) is 5.95 Å². The first-order chi connectivity index (χ1) is 10.1. The molecule has 0 saturated heterocycles. The molecule has 0 radical (unpaired) electrons. The summed E-state index contributed by atoms with van der Waals surface area (Å²) in [6.07, 6.45) is 1.70. The maximum atomic E-state index is 12.3. The highest BCUT2D eigenvalue weighted by Gasteiger charge is 2.15. The number of rotatable bonds is 7. The lowest BCUT2D eigenvalue weighted by molar-refractivity contribution is -0.128. The molecule has 0 spiro atoms. The summed E-state index contributed by atoms with van der Waals surface area (Å²) in [5, 5.41) is 6.86. The molecule has 6 nitrogen and oxygen atoms in total. The van der Waals surface area contributed by atoms with Crippen LogP contribution in [0, 0.1) is 0 Å². The number of nitrogens with one attached hydrogen (secondary N) is 1. The second kappa shape index (κ2) is 7.48. The zero-order valence-corrected chi connectivity index (χ0v) is 13.5. The van der Waals surface area contributed by atoms with Crippen LogP contribution in [0.15, 0.2) is 29.9 Å². The number of halogens is 1. The Hall–Kier alpha value is -1.51. The van der Waals surface area contributed by atoms with E-state index in [1.807, 2.05) is 12.1 Å². The average Bonchev–Trinajstić information content (AvgIpc) is 3.04. The van der Waals surface area contributed by atoms with Crippen LogP contribution in [0.25, 0.3) is 0 Å². The van der Waals surface area contributed by atoms with Crippen LogP contribution in [0.2, 0.25) is 4.34 Å². The Balaban J connectivity index is 1.93. The standard InChI is InChI=1S/C12H14ClN5OS2/c1-2-5-18(6-8-3-4-9(13)21-8)10(19)7-20-12-15-11(14)16-17-12/h2-4H,1,5-7H2,(H3,14,15,16,17). The molecule has 2 rings (SSSR count). The highest BCUT2D eigenvalue weighted by Crippen LogP contribution is 2.23. The second-order valence-electron chi connectivity index (χ2n) is 4.06. The number of carbonyl (C=O) groups is 1. The first-order valence-electron chi connectivity index (χ1n) is 6.02. The highest BCUT2D eigenvalue weighted by molar-refractivity contribution is 7.99. The molecule has 21 heavy (non-hydrogen) atoms. The van der Waals surface area contributed by atoms with Crippen molar-refractivity contribution in [3.05, 3.63) is 34.0 Å². The van der Waals surface area contributed by atoms with E-state index in [1.54, 1.807) is 11.0 Å². The van der Waals surface area contributed by atoms with E-state index in [9.17, 15) is 4.79 Å². The number of aromatic nitrogens is 3. The van der Waals surface area contributed by atoms with Gasteiger partial charge in [0.15, 0.2) is 0 Å². The largest absolute Gasteiger partial charge is 0.368 e. The molecule has 9 heteroatoms. The summed E-state index contributed by atoms with van der Waals surface area (Å²) in [6.45, 7) is 4.67. The summed E-state index contributed by atoms with van der Waals surface area (Å²) in [7, 11) is 0. The molecule has 0 saturated carbocycles. The molecule has 0 unspecified atom stereocenters. The topological polar surface area (TPSA) is 87.9 Å². The van der Waals surface area contributed by atoms with Gasteiger partial charge in [-0.25, -0.2) is 5.10 Å². The third kappa shape index (κ3) is 4.76. The van der Waals surface area contributed by atoms with E-state index in [0.29, 0.717) is 22.6 Å². The number of thiophene rings is 1. The summed E-state index contributed by atoms with van der Waals surface area (Å²) >= 11 is 8.60. The van der Waals surface area contributed by atoms with Gasteiger partial charge in [-0.2, -0.15) is 4.98 Å². The van der Waals surface area contributed by atoms with Gasteiger partial charge < -0.3 is 10.6 Å². The number of hydrogen-bond donors (Lipinski definition) is 2. The SMILES string of the molecule is C=CCN(Cc1ccc(Cl)s1)C(=O)CSc1n[nH]c(N)n1. The highest BCUT2D eigenvalue weighted by atomic mass is 35.5. The number of aromatic amines is 1. The van der Waals surface area contributed by atoms with Crippen molar-refractivity contribution in [2.75, 3.05) is 18.0 Å². The fraction of sp³-hybridized carbons (Fsp3) is 0.250. The van der Waals surface area contributed by atoms with Crippen molar-refractivity contribution in [1.82, 2.24) is 20.1 Å². The average molecular weight is 344 g/mol. The number of thioether (sulfide) groups is 1. The summed E-state index contributed by atoms with van der Waals surface area (Å²) in [6, 6.07) is 3.74. The summed E-state index contributed by atoms with van der Waals surface area (Å²) in [5.74, 6) is 0.457. The number of H-pyrrole nitrogens is 1. The molecule has 0 fully saturated rings. The Morgan fingerprint density at radius 1 is 1.62 bits per heavy atom. The molecule has 1 amide bonds. The molecular weight excluding hydrogens is 330 g/mol. The summed E-state index contributed by atoms with van der Waals surface area (Å²) < 4.78 is 0.710. The first-order valence-corrected chi connectivity index (χ1v) is 8.20. The van der Waals surface area contributed by atoms with E-state index in [0.717, 1.165) is 4.88 Å². The van der Waals surface area contributed by atoms with Gasteiger partial charge in [0.2, 0.25) is 17.0 Å². The fourth-order valence-electron chi connectivity index (χ4n) is 1.58. The van der Waals surface area contributed by atoms with E-state index >= 15 is 0 Å². The minimum atomic E-state index is -0.0206. The van der Waals surface area contributed by atoms with E-state index < -0.39 is 0 Å². The lowest BCUT2D eigenvalue weighted by atomic mass is 10.4. The quantitative estimate of drug-likeness (QED) is 0.595. The van der Waals surface area contributed by atoms with Crippen molar-refractivity contribution < 1.29 is 4.79 Å². The van der Waals surface area contributed by atoms with Gasteiger partial charge in [0.05, 0.1) is 16.6 Å². The maximum absolute atomic E-state index is 12.3. The number of anilines is 1. The van der Waals surface area contributed by atoms with Crippen molar-refractivity contribution in [3.63, 3.8) is 0 Å². The van der Waals surface area contributed by atoms with Gasteiger partial charge in [-0.3, -0.25) is 4.79 Å². The number of carbonyl (C=O) groups excluding carboxylic acids is 1. The van der Waals surface area contributed by atoms with E-state index in [4.69, 9.17) is 17.3 Å². The van der Waals surface area contributed by atoms with Gasteiger partial charge in [0.25, 0.3) is 0 Å². The van der Waals surface area contributed by atoms with Crippen molar-refractivity contribution >= 4 is 46.6 Å². The number of amides is 1. The Bertz CT molecular complexity index is 627. The van der Waals surface area contributed by atoms with Crippen molar-refractivity contribution in [2.45, 2.75) is 11.7 Å². The van der Waals surface area contributed by atoms with Crippen LogP contribution in [0.1, 0.15) is 4.88 Å². The van der Waals surface area contributed by atoms with Gasteiger partial charge in [0, 0.05) is 11.4 Å². The van der Waals surface area contributed by atoms with Crippen molar-refractivity contribution in [2.24, 2.45) is 0 Å². The van der Waals surface area contributed by atoms with Gasteiger partial charge in [-0.05, 0) is 12.1 Å². The van der Waals surface area contributed by atoms with Gasteiger partial charge in [-0.1, -0.05) is 29.4 Å². The normalized spacial score (nSPS) is 10.5. The minimum Gasteiger partial charge on any atom is -0.368 e. The number of nitrogen functional groups attached to an aromatic ring is 1. The molecule has 0 bridgehead atoms. The molecule has 0 aliphatic rings. The first kappa shape index (κ1) is 15.9. The predicted octanol–water partition coefficient (Wildman–Crippen LogP) is 2.41. The van der Waals surface area contributed by atoms with Crippen LogP contribution >= 0.6 is 34.7 Å². The zero-order chi connectivity index (χ0) is 15.2. The molecule has 112 valence electrons. The molecule has 0 aromatic carbocycles. The monoisotopic (exact) mass is 343 g/mol. The number of nitrogens with zero attached hydrogens (tertiary/aromatic N) is 3. The van der Waals surface area contributed by atoms with Crippen LogP contribution in [-0.4, -0.2) is 38.3 Å². The zero-order valence-electron chi connectivity index (χ0n) is 11.1. The van der Waals surface area contributed by atoms with Crippen LogP contribution < -0.4 is 5.73 Å². The molecule has 2 aromatic heterocycles. The van der Waals surface area contributed by atoms with E-state index in [2.05, 4.69) is 21.8 Å². The molecule has 0 aliphatic carbocycles. The van der Waals surface area contributed by atoms with Gasteiger partial charge in [0.1, 0.15) is 0 Å². The molecule has 3 N–H and O–H groups in total. The van der Waals surface area contributed by atoms with Crippen LogP contribution in [0.3, 0.4) is 0 Å². The molecule has 0 atom stereocenters. The third-order valence-corrected chi connectivity index (χ3v) is 4.53. The Morgan fingerprint density at radius 2 is 2.43 bits per heavy atom.